The quantitative estimate of drug-likeness (QED) is 0.404. The van der Waals surface area contributed by atoms with E-state index in [0.717, 1.165) is 22.9 Å². The number of allylic oxidation sites excluding steroid dienone is 2. The average molecular weight is 354 g/mol. The van der Waals surface area contributed by atoms with Crippen LogP contribution in [0.2, 0.25) is 0 Å². The first kappa shape index (κ1) is 20.0. The third kappa shape index (κ3) is 3.92. The first-order valence-corrected chi connectivity index (χ1v) is 9.16. The van der Waals surface area contributed by atoms with Gasteiger partial charge in [0.15, 0.2) is 0 Å². The van der Waals surface area contributed by atoms with Gasteiger partial charge in [-0.15, -0.1) is 0 Å². The molecule has 2 aromatic carbocycles. The number of fused-ring (bicyclic) bond motifs is 1. The van der Waals surface area contributed by atoms with Crippen LogP contribution < -0.4 is 4.74 Å². The van der Waals surface area contributed by atoms with Gasteiger partial charge in [0.1, 0.15) is 11.5 Å². The van der Waals surface area contributed by atoms with Gasteiger partial charge < -0.3 is 9.84 Å². The fraction of sp³-hybridized carbons (Fsp3) is 0.435. The van der Waals surface area contributed by atoms with E-state index in [-0.39, 0.29) is 17.1 Å². The maximum atomic E-state index is 11.7. The van der Waals surface area contributed by atoms with Gasteiger partial charge in [-0.3, -0.25) is 4.79 Å². The molecule has 0 saturated carbocycles. The highest BCUT2D eigenvalue weighted by atomic mass is 16.5. The van der Waals surface area contributed by atoms with Crippen LogP contribution in [0.3, 0.4) is 0 Å². The Morgan fingerprint density at radius 3 is 2.31 bits per heavy atom. The summed E-state index contributed by atoms with van der Waals surface area (Å²) >= 11 is 0. The molecule has 0 amide bonds. The van der Waals surface area contributed by atoms with Gasteiger partial charge in [0.05, 0.1) is 0 Å². The highest BCUT2D eigenvalue weighted by Crippen LogP contribution is 2.46. The smallest absolute Gasteiger partial charge is 0.308 e. The number of phenols is 1. The summed E-state index contributed by atoms with van der Waals surface area (Å²) in [6, 6.07) is 7.51. The van der Waals surface area contributed by atoms with E-state index in [9.17, 15) is 9.90 Å². The predicted molar refractivity (Wildman–Crippen MR) is 108 cm³/mol. The molecule has 0 saturated heterocycles. The Hall–Kier alpha value is -2.29. The van der Waals surface area contributed by atoms with Crippen molar-refractivity contribution in [1.82, 2.24) is 0 Å². The molecule has 0 atom stereocenters. The van der Waals surface area contributed by atoms with Crippen LogP contribution in [0.4, 0.5) is 0 Å². The lowest BCUT2D eigenvalue weighted by Crippen LogP contribution is -2.19. The van der Waals surface area contributed by atoms with Gasteiger partial charge in [-0.25, -0.2) is 0 Å². The highest BCUT2D eigenvalue weighted by molar-refractivity contribution is 5.97. The molecule has 2 aromatic rings. The summed E-state index contributed by atoms with van der Waals surface area (Å²) in [5.41, 5.74) is 2.68. The normalized spacial score (nSPS) is 12.7. The molecule has 0 spiro atoms. The zero-order valence-electron chi connectivity index (χ0n) is 16.9. The second kappa shape index (κ2) is 7.53. The van der Waals surface area contributed by atoms with Crippen molar-refractivity contribution < 1.29 is 14.6 Å². The maximum absolute atomic E-state index is 11.7. The third-order valence-corrected chi connectivity index (χ3v) is 5.15. The number of esters is 1. The van der Waals surface area contributed by atoms with Crippen molar-refractivity contribution in [1.29, 1.82) is 0 Å². The van der Waals surface area contributed by atoms with Crippen LogP contribution >= 0.6 is 0 Å². The van der Waals surface area contributed by atoms with Crippen molar-refractivity contribution in [3.8, 4) is 11.5 Å². The number of hydrogen-bond donors (Lipinski definition) is 1. The minimum atomic E-state index is -0.358. The highest BCUT2D eigenvalue weighted by Gasteiger charge is 2.29. The zero-order valence-corrected chi connectivity index (χ0v) is 16.9. The van der Waals surface area contributed by atoms with Crippen molar-refractivity contribution in [2.45, 2.75) is 60.3 Å². The summed E-state index contributed by atoms with van der Waals surface area (Å²) in [4.78, 5) is 11.7. The van der Waals surface area contributed by atoms with Crippen LogP contribution in [0.1, 0.15) is 59.1 Å². The van der Waals surface area contributed by atoms with Crippen LogP contribution in [-0.2, 0) is 10.2 Å². The van der Waals surface area contributed by atoms with Crippen LogP contribution in [0.15, 0.2) is 35.9 Å². The third-order valence-electron chi connectivity index (χ3n) is 5.15. The fourth-order valence-corrected chi connectivity index (χ4v) is 3.37. The fourth-order valence-electron chi connectivity index (χ4n) is 3.37. The molecule has 3 heteroatoms. The average Bonchev–Trinajstić information content (AvgIpc) is 2.56. The van der Waals surface area contributed by atoms with E-state index in [4.69, 9.17) is 4.74 Å². The second-order valence-corrected chi connectivity index (χ2v) is 8.01. The molecule has 1 N–H and O–H groups in total. The summed E-state index contributed by atoms with van der Waals surface area (Å²) in [6.07, 6.45) is 3.04. The zero-order chi connectivity index (χ0) is 19.6. The van der Waals surface area contributed by atoms with Gasteiger partial charge >= 0.3 is 5.97 Å². The molecule has 0 aliphatic carbocycles. The molecule has 2 rings (SSSR count). The molecule has 0 aliphatic rings. The van der Waals surface area contributed by atoms with Gasteiger partial charge in [0, 0.05) is 23.3 Å². The predicted octanol–water partition coefficient (Wildman–Crippen LogP) is 6.05. The van der Waals surface area contributed by atoms with E-state index in [1.807, 2.05) is 31.2 Å². The van der Waals surface area contributed by atoms with E-state index in [0.29, 0.717) is 17.1 Å². The standard InChI is InChI=1S/C23H30O3/c1-14(2)15(3)12-13-23(6,7)20-16(4)22(26-17(5)24)19-11-9-8-10-18(19)21(20)25/h8-12,14,25H,13H2,1-7H3/b15-12+. The molecular weight excluding hydrogens is 324 g/mol. The van der Waals surface area contributed by atoms with Crippen molar-refractivity contribution in [2.75, 3.05) is 0 Å². The van der Waals surface area contributed by atoms with Gasteiger partial charge in [-0.1, -0.05) is 63.6 Å². The number of rotatable bonds is 5. The molecule has 0 radical (unpaired) electrons. The molecule has 0 unspecified atom stereocenters. The van der Waals surface area contributed by atoms with Gasteiger partial charge in [-0.2, -0.15) is 0 Å². The Labute approximate surface area is 156 Å². The number of hydrogen-bond acceptors (Lipinski definition) is 3. The molecule has 0 aromatic heterocycles. The molecular formula is C23H30O3. The summed E-state index contributed by atoms with van der Waals surface area (Å²) in [5, 5.41) is 12.5. The summed E-state index contributed by atoms with van der Waals surface area (Å²) in [6.45, 7) is 14.0. The number of aromatic hydroxyl groups is 1. The molecule has 0 bridgehead atoms. The Balaban J connectivity index is 2.70. The molecule has 0 heterocycles. The monoisotopic (exact) mass is 354 g/mol. The first-order valence-electron chi connectivity index (χ1n) is 9.16. The number of ether oxygens (including phenoxy) is 1. The van der Waals surface area contributed by atoms with Crippen LogP contribution in [-0.4, -0.2) is 11.1 Å². The van der Waals surface area contributed by atoms with Crippen LogP contribution in [0, 0.1) is 12.8 Å². The van der Waals surface area contributed by atoms with Crippen molar-refractivity contribution in [3.63, 3.8) is 0 Å². The van der Waals surface area contributed by atoms with E-state index in [1.165, 1.54) is 12.5 Å². The minimum Gasteiger partial charge on any atom is -0.507 e. The van der Waals surface area contributed by atoms with Crippen LogP contribution in [0.5, 0.6) is 11.5 Å². The largest absolute Gasteiger partial charge is 0.507 e. The SMILES string of the molecule is CC(=O)Oc1c(C)c(C(C)(C)C/C=C(\C)C(C)C)c(O)c2ccccc12. The Kier molecular flexibility index (Phi) is 5.80. The maximum Gasteiger partial charge on any atom is 0.308 e. The van der Waals surface area contributed by atoms with Gasteiger partial charge in [0.25, 0.3) is 0 Å². The van der Waals surface area contributed by atoms with Crippen molar-refractivity contribution in [2.24, 2.45) is 5.92 Å². The van der Waals surface area contributed by atoms with Gasteiger partial charge in [-0.05, 0) is 37.2 Å². The van der Waals surface area contributed by atoms with Crippen LogP contribution in [0.25, 0.3) is 10.8 Å². The number of phenolic OH excluding ortho intramolecular Hbond substituents is 1. The van der Waals surface area contributed by atoms with E-state index >= 15 is 0 Å². The van der Waals surface area contributed by atoms with E-state index in [2.05, 4.69) is 40.7 Å². The lowest BCUT2D eigenvalue weighted by molar-refractivity contribution is -0.131. The molecule has 0 aliphatic heterocycles. The number of benzene rings is 2. The Bertz CT molecular complexity index is 857. The van der Waals surface area contributed by atoms with E-state index < -0.39 is 0 Å². The molecule has 26 heavy (non-hydrogen) atoms. The first-order chi connectivity index (χ1) is 12.1. The lowest BCUT2D eigenvalue weighted by Gasteiger charge is -2.29. The van der Waals surface area contributed by atoms with Crippen molar-refractivity contribution in [3.05, 3.63) is 47.0 Å². The van der Waals surface area contributed by atoms with Gasteiger partial charge in [0.2, 0.25) is 0 Å². The Morgan fingerprint density at radius 2 is 1.77 bits per heavy atom. The Morgan fingerprint density at radius 1 is 1.19 bits per heavy atom. The number of carbonyl (C=O) groups excluding carboxylic acids is 1. The molecule has 140 valence electrons. The molecule has 0 fully saturated rings. The number of carbonyl (C=O) groups is 1. The van der Waals surface area contributed by atoms with E-state index in [1.54, 1.807) is 0 Å². The summed E-state index contributed by atoms with van der Waals surface area (Å²) in [5.74, 6) is 0.949. The topological polar surface area (TPSA) is 46.5 Å². The second-order valence-electron chi connectivity index (χ2n) is 8.01. The minimum absolute atomic E-state index is 0.273. The lowest BCUT2D eigenvalue weighted by atomic mass is 9.76. The summed E-state index contributed by atoms with van der Waals surface area (Å²) in [7, 11) is 0. The van der Waals surface area contributed by atoms with Crippen molar-refractivity contribution >= 4 is 16.7 Å². The summed E-state index contributed by atoms with van der Waals surface area (Å²) < 4.78 is 5.55. The molecule has 3 nitrogen and oxygen atoms in total.